The third-order valence-corrected chi connectivity index (χ3v) is 2.28. The first kappa shape index (κ1) is 15.2. The van der Waals surface area contributed by atoms with E-state index < -0.39 is 5.91 Å². The maximum absolute atomic E-state index is 11.8. The maximum Gasteiger partial charge on any atom is 0.267 e. The molecular formula is C14H16N4O2. The molecule has 0 aliphatic carbocycles. The molecule has 20 heavy (non-hydrogen) atoms. The van der Waals surface area contributed by atoms with Crippen LogP contribution in [0.4, 0.5) is 11.4 Å². The fourth-order valence-electron chi connectivity index (χ4n) is 1.39. The lowest BCUT2D eigenvalue weighted by molar-refractivity contribution is -0.114. The first-order chi connectivity index (χ1) is 9.56. The van der Waals surface area contributed by atoms with Gasteiger partial charge in [-0.25, -0.2) is 0 Å². The molecule has 0 heterocycles. The van der Waals surface area contributed by atoms with E-state index in [-0.39, 0.29) is 11.5 Å². The van der Waals surface area contributed by atoms with E-state index in [4.69, 9.17) is 5.26 Å². The molecule has 3 N–H and O–H groups in total. The van der Waals surface area contributed by atoms with Crippen LogP contribution in [-0.4, -0.2) is 18.4 Å². The molecule has 0 saturated heterocycles. The van der Waals surface area contributed by atoms with Crippen molar-refractivity contribution in [3.05, 3.63) is 36.0 Å². The highest BCUT2D eigenvalue weighted by atomic mass is 16.2. The van der Waals surface area contributed by atoms with Crippen molar-refractivity contribution >= 4 is 23.2 Å². The van der Waals surface area contributed by atoms with Gasteiger partial charge in [0, 0.05) is 31.0 Å². The van der Waals surface area contributed by atoms with Crippen LogP contribution < -0.4 is 16.0 Å². The van der Waals surface area contributed by atoms with Gasteiger partial charge < -0.3 is 16.0 Å². The summed E-state index contributed by atoms with van der Waals surface area (Å²) in [5.74, 6) is -0.650. The monoisotopic (exact) mass is 272 g/mol. The largest absolute Gasteiger partial charge is 0.390 e. The van der Waals surface area contributed by atoms with Gasteiger partial charge >= 0.3 is 0 Å². The van der Waals surface area contributed by atoms with Crippen LogP contribution in [0.3, 0.4) is 0 Å². The Kier molecular flexibility index (Phi) is 5.78. The number of carbonyl (C=O) groups is 2. The molecule has 0 spiro atoms. The van der Waals surface area contributed by atoms with E-state index in [1.54, 1.807) is 24.3 Å². The first-order valence-electron chi connectivity index (χ1n) is 6.09. The highest BCUT2D eigenvalue weighted by Crippen LogP contribution is 2.14. The lowest BCUT2D eigenvalue weighted by atomic mass is 10.2. The molecule has 6 heteroatoms. The molecule has 1 aromatic rings. The zero-order valence-electron chi connectivity index (χ0n) is 11.4. The first-order valence-corrected chi connectivity index (χ1v) is 6.09. The van der Waals surface area contributed by atoms with Gasteiger partial charge in [0.05, 0.1) is 0 Å². The van der Waals surface area contributed by atoms with E-state index in [1.165, 1.54) is 13.1 Å². The van der Waals surface area contributed by atoms with E-state index in [1.807, 2.05) is 13.0 Å². The van der Waals surface area contributed by atoms with E-state index in [0.717, 1.165) is 0 Å². The van der Waals surface area contributed by atoms with Gasteiger partial charge in [-0.3, -0.25) is 9.59 Å². The Morgan fingerprint density at radius 1 is 1.20 bits per heavy atom. The van der Waals surface area contributed by atoms with Gasteiger partial charge in [0.1, 0.15) is 11.6 Å². The van der Waals surface area contributed by atoms with Gasteiger partial charge in [0.25, 0.3) is 5.91 Å². The molecule has 0 atom stereocenters. The van der Waals surface area contributed by atoms with Crippen LogP contribution in [0.1, 0.15) is 13.8 Å². The van der Waals surface area contributed by atoms with Crippen molar-refractivity contribution in [3.8, 4) is 6.07 Å². The summed E-state index contributed by atoms with van der Waals surface area (Å²) in [6.45, 7) is 3.91. The fraction of sp³-hybridized carbons (Fsp3) is 0.214. The van der Waals surface area contributed by atoms with E-state index >= 15 is 0 Å². The molecule has 1 rings (SSSR count). The molecule has 0 fully saturated rings. The van der Waals surface area contributed by atoms with Gasteiger partial charge in [-0.1, -0.05) is 0 Å². The molecule has 0 radical (unpaired) electrons. The molecule has 0 aliphatic rings. The third-order valence-electron chi connectivity index (χ3n) is 2.28. The van der Waals surface area contributed by atoms with Crippen LogP contribution in [0, 0.1) is 11.3 Å². The fourth-order valence-corrected chi connectivity index (χ4v) is 1.39. The highest BCUT2D eigenvalue weighted by molar-refractivity contribution is 6.06. The van der Waals surface area contributed by atoms with Crippen molar-refractivity contribution < 1.29 is 9.59 Å². The number of hydrogen-bond acceptors (Lipinski definition) is 4. The number of anilines is 2. The average molecular weight is 272 g/mol. The second-order valence-electron chi connectivity index (χ2n) is 3.94. The summed E-state index contributed by atoms with van der Waals surface area (Å²) in [7, 11) is 0. The second-order valence-corrected chi connectivity index (χ2v) is 3.94. The smallest absolute Gasteiger partial charge is 0.267 e. The normalized spacial score (nSPS) is 10.3. The topological polar surface area (TPSA) is 94.0 Å². The predicted molar refractivity (Wildman–Crippen MR) is 76.7 cm³/mol. The average Bonchev–Trinajstić information content (AvgIpc) is 2.41. The standard InChI is InChI=1S/C14H16N4O2/c1-3-16-9-11(8-15)14(20)18-13-6-4-12(5-7-13)17-10(2)19/h4-7,9,16H,3H2,1-2H3,(H,17,19)(H,18,20)/b11-9-. The van der Waals surface area contributed by atoms with Crippen molar-refractivity contribution in [2.75, 3.05) is 17.2 Å². The lowest BCUT2D eigenvalue weighted by Crippen LogP contribution is -2.16. The van der Waals surface area contributed by atoms with Crippen LogP contribution in [-0.2, 0) is 9.59 Å². The van der Waals surface area contributed by atoms with E-state index in [0.29, 0.717) is 17.9 Å². The lowest BCUT2D eigenvalue weighted by Gasteiger charge is -2.06. The minimum Gasteiger partial charge on any atom is -0.390 e. The van der Waals surface area contributed by atoms with Crippen molar-refractivity contribution in [1.82, 2.24) is 5.32 Å². The Balaban J connectivity index is 2.71. The molecule has 104 valence electrons. The van der Waals surface area contributed by atoms with Crippen molar-refractivity contribution in [3.63, 3.8) is 0 Å². The summed E-state index contributed by atoms with van der Waals surface area (Å²) >= 11 is 0. The second kappa shape index (κ2) is 7.59. The van der Waals surface area contributed by atoms with Crippen molar-refractivity contribution in [2.24, 2.45) is 0 Å². The van der Waals surface area contributed by atoms with E-state index in [2.05, 4.69) is 16.0 Å². The van der Waals surface area contributed by atoms with Crippen LogP contribution in [0.5, 0.6) is 0 Å². The van der Waals surface area contributed by atoms with Gasteiger partial charge in [-0.15, -0.1) is 0 Å². The zero-order chi connectivity index (χ0) is 15.0. The molecule has 2 amide bonds. The number of nitrogens with one attached hydrogen (secondary N) is 3. The third kappa shape index (κ3) is 4.82. The Labute approximate surface area is 117 Å². The number of nitrogens with zero attached hydrogens (tertiary/aromatic N) is 1. The maximum atomic E-state index is 11.8. The van der Waals surface area contributed by atoms with Crippen molar-refractivity contribution in [1.29, 1.82) is 5.26 Å². The molecular weight excluding hydrogens is 256 g/mol. The summed E-state index contributed by atoms with van der Waals surface area (Å²) in [6, 6.07) is 8.44. The Morgan fingerprint density at radius 3 is 2.20 bits per heavy atom. The van der Waals surface area contributed by atoms with Gasteiger partial charge in [0.2, 0.25) is 5.91 Å². The van der Waals surface area contributed by atoms with Gasteiger partial charge in [0.15, 0.2) is 0 Å². The Morgan fingerprint density at radius 2 is 1.75 bits per heavy atom. The summed E-state index contributed by atoms with van der Waals surface area (Å²) in [5.41, 5.74) is 1.18. The van der Waals surface area contributed by atoms with Gasteiger partial charge in [-0.2, -0.15) is 5.26 Å². The zero-order valence-corrected chi connectivity index (χ0v) is 11.4. The minimum absolute atomic E-state index is 0.00205. The summed E-state index contributed by atoms with van der Waals surface area (Å²) in [5, 5.41) is 16.9. The Hall–Kier alpha value is -2.81. The number of amides is 2. The summed E-state index contributed by atoms with van der Waals surface area (Å²) in [4.78, 5) is 22.7. The number of hydrogen-bond donors (Lipinski definition) is 3. The number of nitriles is 1. The van der Waals surface area contributed by atoms with Gasteiger partial charge in [-0.05, 0) is 31.2 Å². The molecule has 0 saturated carbocycles. The molecule has 0 aromatic heterocycles. The molecule has 1 aromatic carbocycles. The number of benzene rings is 1. The highest BCUT2D eigenvalue weighted by Gasteiger charge is 2.08. The summed E-state index contributed by atoms with van der Waals surface area (Å²) < 4.78 is 0. The van der Waals surface area contributed by atoms with Crippen LogP contribution >= 0.6 is 0 Å². The quantitative estimate of drug-likeness (QED) is 0.560. The molecule has 0 aliphatic heterocycles. The minimum atomic E-state index is -0.485. The van der Waals surface area contributed by atoms with Crippen LogP contribution in [0.15, 0.2) is 36.0 Å². The molecule has 0 unspecified atom stereocenters. The SMILES string of the molecule is CCN/C=C(/C#N)C(=O)Nc1ccc(NC(C)=O)cc1. The summed E-state index contributed by atoms with van der Waals surface area (Å²) in [6.07, 6.45) is 1.38. The van der Waals surface area contributed by atoms with Crippen LogP contribution in [0.25, 0.3) is 0 Å². The Bertz CT molecular complexity index is 556. The predicted octanol–water partition coefficient (Wildman–Crippen LogP) is 1.60. The molecule has 0 bridgehead atoms. The number of rotatable bonds is 5. The van der Waals surface area contributed by atoms with Crippen molar-refractivity contribution in [2.45, 2.75) is 13.8 Å². The molecule has 6 nitrogen and oxygen atoms in total. The number of carbonyl (C=O) groups excluding carboxylic acids is 2. The van der Waals surface area contributed by atoms with E-state index in [9.17, 15) is 9.59 Å². The van der Waals surface area contributed by atoms with Crippen LogP contribution in [0.2, 0.25) is 0 Å².